The first kappa shape index (κ1) is 14.8. The standard InChI is InChI=1S/C14H18BrClN2O/c15-12-9-10(16)4-6-13(12)18-14(19)7-5-11-3-1-2-8-17-11/h4,6,9,11,17H,1-3,5,7-8H2,(H,18,19). The first-order chi connectivity index (χ1) is 9.15. The topological polar surface area (TPSA) is 41.1 Å². The van der Waals surface area contributed by atoms with Gasteiger partial charge in [-0.05, 0) is 59.9 Å². The van der Waals surface area contributed by atoms with Crippen LogP contribution in [0.1, 0.15) is 32.1 Å². The van der Waals surface area contributed by atoms with Crippen LogP contribution in [0.2, 0.25) is 5.02 Å². The molecule has 1 heterocycles. The molecule has 3 nitrogen and oxygen atoms in total. The molecule has 19 heavy (non-hydrogen) atoms. The number of carbonyl (C=O) groups excluding carboxylic acids is 1. The number of hydrogen-bond acceptors (Lipinski definition) is 2. The highest BCUT2D eigenvalue weighted by atomic mass is 79.9. The molecule has 0 spiro atoms. The van der Waals surface area contributed by atoms with Crippen LogP contribution in [0, 0.1) is 0 Å². The third-order valence-electron chi connectivity index (χ3n) is 3.34. The van der Waals surface area contributed by atoms with Gasteiger partial charge in [-0.2, -0.15) is 0 Å². The summed E-state index contributed by atoms with van der Waals surface area (Å²) in [6.45, 7) is 1.08. The van der Waals surface area contributed by atoms with E-state index in [4.69, 9.17) is 11.6 Å². The lowest BCUT2D eigenvalue weighted by Gasteiger charge is -2.23. The van der Waals surface area contributed by atoms with Crippen molar-refractivity contribution in [1.29, 1.82) is 0 Å². The molecule has 1 unspecified atom stereocenters. The number of nitrogens with one attached hydrogen (secondary N) is 2. The highest BCUT2D eigenvalue weighted by Gasteiger charge is 2.14. The van der Waals surface area contributed by atoms with Crippen molar-refractivity contribution in [3.63, 3.8) is 0 Å². The average molecular weight is 346 g/mol. The van der Waals surface area contributed by atoms with E-state index in [0.717, 1.165) is 23.1 Å². The number of carbonyl (C=O) groups is 1. The molecular weight excluding hydrogens is 328 g/mol. The predicted octanol–water partition coefficient (Wildman–Crippen LogP) is 3.96. The van der Waals surface area contributed by atoms with Gasteiger partial charge < -0.3 is 10.6 Å². The van der Waals surface area contributed by atoms with Crippen LogP contribution < -0.4 is 10.6 Å². The fourth-order valence-corrected chi connectivity index (χ4v) is 3.06. The smallest absolute Gasteiger partial charge is 0.224 e. The van der Waals surface area contributed by atoms with E-state index in [1.165, 1.54) is 19.3 Å². The van der Waals surface area contributed by atoms with E-state index in [9.17, 15) is 4.79 Å². The number of piperidine rings is 1. The van der Waals surface area contributed by atoms with E-state index in [2.05, 4.69) is 26.6 Å². The number of amides is 1. The van der Waals surface area contributed by atoms with Crippen LogP contribution in [0.3, 0.4) is 0 Å². The molecule has 1 aromatic rings. The Bertz CT molecular complexity index is 447. The van der Waals surface area contributed by atoms with Gasteiger partial charge in [0.25, 0.3) is 0 Å². The minimum absolute atomic E-state index is 0.0513. The van der Waals surface area contributed by atoms with Crippen molar-refractivity contribution in [2.24, 2.45) is 0 Å². The van der Waals surface area contributed by atoms with Gasteiger partial charge in [0.05, 0.1) is 5.69 Å². The van der Waals surface area contributed by atoms with Crippen molar-refractivity contribution < 1.29 is 4.79 Å². The first-order valence-electron chi connectivity index (χ1n) is 6.63. The molecule has 1 saturated heterocycles. The van der Waals surface area contributed by atoms with E-state index in [1.807, 2.05) is 6.07 Å². The SMILES string of the molecule is O=C(CCC1CCCCN1)Nc1ccc(Cl)cc1Br. The van der Waals surface area contributed by atoms with Crippen LogP contribution in [-0.4, -0.2) is 18.5 Å². The van der Waals surface area contributed by atoms with Crippen LogP contribution in [0.4, 0.5) is 5.69 Å². The number of hydrogen-bond donors (Lipinski definition) is 2. The Labute approximate surface area is 127 Å². The zero-order valence-electron chi connectivity index (χ0n) is 10.7. The second-order valence-electron chi connectivity index (χ2n) is 4.86. The molecule has 1 aliphatic heterocycles. The molecule has 5 heteroatoms. The first-order valence-corrected chi connectivity index (χ1v) is 7.80. The molecule has 0 aromatic heterocycles. The highest BCUT2D eigenvalue weighted by Crippen LogP contribution is 2.26. The highest BCUT2D eigenvalue weighted by molar-refractivity contribution is 9.10. The molecule has 104 valence electrons. The van der Waals surface area contributed by atoms with Crippen molar-refractivity contribution in [3.8, 4) is 0 Å². The summed E-state index contributed by atoms with van der Waals surface area (Å²) in [6.07, 6.45) is 5.14. The summed E-state index contributed by atoms with van der Waals surface area (Å²) in [4.78, 5) is 11.9. The largest absolute Gasteiger partial charge is 0.325 e. The van der Waals surface area contributed by atoms with Crippen molar-refractivity contribution in [2.45, 2.75) is 38.1 Å². The third kappa shape index (κ3) is 4.79. The van der Waals surface area contributed by atoms with Gasteiger partial charge in [0.1, 0.15) is 0 Å². The molecule has 0 bridgehead atoms. The van der Waals surface area contributed by atoms with Gasteiger partial charge in [-0.1, -0.05) is 18.0 Å². The van der Waals surface area contributed by atoms with Crippen molar-refractivity contribution in [1.82, 2.24) is 5.32 Å². The second kappa shape index (κ2) is 7.27. The van der Waals surface area contributed by atoms with E-state index in [1.54, 1.807) is 12.1 Å². The Hall–Kier alpha value is -0.580. The maximum absolute atomic E-state index is 11.9. The van der Waals surface area contributed by atoms with Crippen molar-refractivity contribution >= 4 is 39.1 Å². The predicted molar refractivity (Wildman–Crippen MR) is 82.7 cm³/mol. The Kier molecular flexibility index (Phi) is 5.67. The van der Waals surface area contributed by atoms with Crippen molar-refractivity contribution in [3.05, 3.63) is 27.7 Å². The summed E-state index contributed by atoms with van der Waals surface area (Å²) in [5.41, 5.74) is 0.769. The van der Waals surface area contributed by atoms with Gasteiger partial charge in [-0.15, -0.1) is 0 Å². The van der Waals surface area contributed by atoms with Gasteiger partial charge >= 0.3 is 0 Å². The second-order valence-corrected chi connectivity index (χ2v) is 6.15. The molecule has 0 aliphatic carbocycles. The van der Waals surface area contributed by atoms with E-state index in [-0.39, 0.29) is 5.91 Å². The van der Waals surface area contributed by atoms with Crippen molar-refractivity contribution in [2.75, 3.05) is 11.9 Å². The summed E-state index contributed by atoms with van der Waals surface area (Å²) >= 11 is 9.26. The van der Waals surface area contributed by atoms with E-state index in [0.29, 0.717) is 17.5 Å². The summed E-state index contributed by atoms with van der Waals surface area (Å²) in [6, 6.07) is 5.85. The molecule has 1 aromatic carbocycles. The Morgan fingerprint density at radius 2 is 2.32 bits per heavy atom. The number of rotatable bonds is 4. The zero-order chi connectivity index (χ0) is 13.7. The normalized spacial score (nSPS) is 19.2. The maximum atomic E-state index is 11.9. The molecule has 1 atom stereocenters. The van der Waals surface area contributed by atoms with Gasteiger partial charge in [-0.25, -0.2) is 0 Å². The summed E-state index contributed by atoms with van der Waals surface area (Å²) in [5, 5.41) is 7.00. The number of anilines is 1. The molecule has 1 aliphatic rings. The zero-order valence-corrected chi connectivity index (χ0v) is 13.1. The molecule has 2 rings (SSSR count). The third-order valence-corrected chi connectivity index (χ3v) is 4.23. The molecule has 0 saturated carbocycles. The molecule has 1 amide bonds. The molecule has 0 radical (unpaired) electrons. The quantitative estimate of drug-likeness (QED) is 0.867. The Balaban J connectivity index is 1.80. The minimum Gasteiger partial charge on any atom is -0.325 e. The van der Waals surface area contributed by atoms with Gasteiger partial charge in [0, 0.05) is 22.0 Å². The van der Waals surface area contributed by atoms with Crippen LogP contribution in [0.5, 0.6) is 0 Å². The lowest BCUT2D eigenvalue weighted by molar-refractivity contribution is -0.116. The fourth-order valence-electron chi connectivity index (χ4n) is 2.28. The van der Waals surface area contributed by atoms with Gasteiger partial charge in [0.2, 0.25) is 5.91 Å². The van der Waals surface area contributed by atoms with E-state index >= 15 is 0 Å². The van der Waals surface area contributed by atoms with Gasteiger partial charge in [-0.3, -0.25) is 4.79 Å². The number of halogens is 2. The summed E-state index contributed by atoms with van der Waals surface area (Å²) in [5.74, 6) is 0.0513. The Morgan fingerprint density at radius 1 is 1.47 bits per heavy atom. The van der Waals surface area contributed by atoms with Crippen LogP contribution in [0.15, 0.2) is 22.7 Å². The number of benzene rings is 1. The van der Waals surface area contributed by atoms with Gasteiger partial charge in [0.15, 0.2) is 0 Å². The van der Waals surface area contributed by atoms with Crippen LogP contribution >= 0.6 is 27.5 Å². The summed E-state index contributed by atoms with van der Waals surface area (Å²) in [7, 11) is 0. The fraction of sp³-hybridized carbons (Fsp3) is 0.500. The Morgan fingerprint density at radius 3 is 3.00 bits per heavy atom. The minimum atomic E-state index is 0.0513. The lowest BCUT2D eigenvalue weighted by atomic mass is 10.0. The molecular formula is C14H18BrClN2O. The van der Waals surface area contributed by atoms with E-state index < -0.39 is 0 Å². The average Bonchev–Trinajstić information content (AvgIpc) is 2.41. The molecule has 1 fully saturated rings. The lowest BCUT2D eigenvalue weighted by Crippen LogP contribution is -2.34. The molecule has 2 N–H and O–H groups in total. The maximum Gasteiger partial charge on any atom is 0.224 e. The summed E-state index contributed by atoms with van der Waals surface area (Å²) < 4.78 is 0.809. The monoisotopic (exact) mass is 344 g/mol. The van der Waals surface area contributed by atoms with Crippen LogP contribution in [-0.2, 0) is 4.79 Å². The van der Waals surface area contributed by atoms with Crippen LogP contribution in [0.25, 0.3) is 0 Å².